The molecule has 0 aromatic carbocycles. The van der Waals surface area contributed by atoms with E-state index >= 15 is 0 Å². The van der Waals surface area contributed by atoms with Gasteiger partial charge in [-0.15, -0.1) is 0 Å². The van der Waals surface area contributed by atoms with E-state index in [4.69, 9.17) is 0 Å². The Bertz CT molecular complexity index is 478. The third-order valence-electron chi connectivity index (χ3n) is 3.16. The van der Waals surface area contributed by atoms with Crippen LogP contribution in [0.3, 0.4) is 0 Å². The summed E-state index contributed by atoms with van der Waals surface area (Å²) in [5.41, 5.74) is 2.61. The molecule has 0 radical (unpaired) electrons. The lowest BCUT2D eigenvalue weighted by Gasteiger charge is -2.22. The number of thiophene rings is 1. The Hall–Kier alpha value is -1.39. The maximum atomic E-state index is 4.52. The minimum absolute atomic E-state index is 0.857. The van der Waals surface area contributed by atoms with Gasteiger partial charge in [-0.2, -0.15) is 11.3 Å². The topological polar surface area (TPSA) is 28.2 Å². The Morgan fingerprint density at radius 1 is 1.21 bits per heavy atom. The highest BCUT2D eigenvalue weighted by Gasteiger charge is 2.08. The summed E-state index contributed by atoms with van der Waals surface area (Å²) < 4.78 is 0. The van der Waals surface area contributed by atoms with Gasteiger partial charge in [-0.25, -0.2) is 4.98 Å². The van der Waals surface area contributed by atoms with Crippen molar-refractivity contribution in [3.63, 3.8) is 0 Å². The van der Waals surface area contributed by atoms with Gasteiger partial charge >= 0.3 is 0 Å². The van der Waals surface area contributed by atoms with E-state index < -0.39 is 0 Å². The smallest absolute Gasteiger partial charge is 0.132 e. The van der Waals surface area contributed by atoms with Crippen molar-refractivity contribution < 1.29 is 0 Å². The van der Waals surface area contributed by atoms with E-state index in [-0.39, 0.29) is 0 Å². The van der Waals surface area contributed by atoms with Crippen molar-refractivity contribution in [3.05, 3.63) is 46.3 Å². The molecule has 3 nitrogen and oxygen atoms in total. The molecule has 0 spiro atoms. The average Bonchev–Trinajstić information content (AvgIpc) is 2.95. The molecular weight excluding hydrogens is 254 g/mol. The largest absolute Gasteiger partial charge is 0.357 e. The van der Waals surface area contributed by atoms with Crippen LogP contribution in [-0.2, 0) is 13.1 Å². The van der Waals surface area contributed by atoms with Crippen LogP contribution in [0.15, 0.2) is 35.2 Å². The van der Waals surface area contributed by atoms with Gasteiger partial charge in [0.1, 0.15) is 5.82 Å². The predicted molar refractivity (Wildman–Crippen MR) is 82.7 cm³/mol. The Kier molecular flexibility index (Phi) is 5.36. The lowest BCUT2D eigenvalue weighted by Crippen LogP contribution is -2.25. The third kappa shape index (κ3) is 3.78. The van der Waals surface area contributed by atoms with Crippen LogP contribution in [0.2, 0.25) is 0 Å². The molecule has 2 aromatic heterocycles. The fourth-order valence-corrected chi connectivity index (χ4v) is 2.78. The molecule has 0 saturated carbocycles. The minimum atomic E-state index is 0.857. The first-order valence-electron chi connectivity index (χ1n) is 6.75. The van der Waals surface area contributed by atoms with Crippen LogP contribution >= 0.6 is 11.3 Å². The van der Waals surface area contributed by atoms with Crippen molar-refractivity contribution in [1.82, 2.24) is 10.3 Å². The number of pyridine rings is 1. The van der Waals surface area contributed by atoms with Crippen molar-refractivity contribution in [2.24, 2.45) is 0 Å². The van der Waals surface area contributed by atoms with E-state index in [1.54, 1.807) is 11.3 Å². The lowest BCUT2D eigenvalue weighted by atomic mass is 10.2. The summed E-state index contributed by atoms with van der Waals surface area (Å²) in [6, 6.07) is 6.32. The van der Waals surface area contributed by atoms with E-state index in [0.29, 0.717) is 0 Å². The Balaban J connectivity index is 1.99. The van der Waals surface area contributed by atoms with Crippen LogP contribution in [0.1, 0.15) is 25.0 Å². The highest BCUT2D eigenvalue weighted by Crippen LogP contribution is 2.16. The van der Waals surface area contributed by atoms with Gasteiger partial charge in [0, 0.05) is 37.9 Å². The van der Waals surface area contributed by atoms with Gasteiger partial charge in [0.25, 0.3) is 0 Å². The highest BCUT2D eigenvalue weighted by molar-refractivity contribution is 7.07. The summed E-state index contributed by atoms with van der Waals surface area (Å²) in [7, 11) is 0. The Labute approximate surface area is 119 Å². The molecule has 102 valence electrons. The highest BCUT2D eigenvalue weighted by atomic mass is 32.1. The quantitative estimate of drug-likeness (QED) is 0.840. The van der Waals surface area contributed by atoms with Crippen molar-refractivity contribution in [2.45, 2.75) is 26.9 Å². The first-order valence-corrected chi connectivity index (χ1v) is 7.70. The Morgan fingerprint density at radius 2 is 2.05 bits per heavy atom. The van der Waals surface area contributed by atoms with Crippen molar-refractivity contribution in [1.29, 1.82) is 0 Å². The van der Waals surface area contributed by atoms with Gasteiger partial charge in [-0.3, -0.25) is 0 Å². The summed E-state index contributed by atoms with van der Waals surface area (Å²) in [6.07, 6.45) is 1.87. The molecule has 0 amide bonds. The van der Waals surface area contributed by atoms with Crippen molar-refractivity contribution >= 4 is 17.2 Å². The molecule has 19 heavy (non-hydrogen) atoms. The lowest BCUT2D eigenvalue weighted by molar-refractivity contribution is 0.688. The molecule has 0 saturated heterocycles. The van der Waals surface area contributed by atoms with Crippen LogP contribution in [-0.4, -0.2) is 18.1 Å². The molecule has 4 heteroatoms. The molecule has 0 bridgehead atoms. The number of anilines is 1. The molecule has 0 fully saturated rings. The number of hydrogen-bond acceptors (Lipinski definition) is 4. The molecule has 0 atom stereocenters. The van der Waals surface area contributed by atoms with Crippen LogP contribution in [0, 0.1) is 0 Å². The van der Waals surface area contributed by atoms with E-state index in [9.17, 15) is 0 Å². The zero-order chi connectivity index (χ0) is 13.5. The van der Waals surface area contributed by atoms with Crippen LogP contribution in [0.25, 0.3) is 0 Å². The van der Waals surface area contributed by atoms with Gasteiger partial charge in [-0.05, 0) is 42.3 Å². The number of hydrogen-bond donors (Lipinski definition) is 1. The molecule has 1 N–H and O–H groups in total. The van der Waals surface area contributed by atoms with Gasteiger partial charge in [0.05, 0.1) is 0 Å². The third-order valence-corrected chi connectivity index (χ3v) is 3.89. The standard InChI is InChI=1S/C15H21N3S/c1-3-18(4-2)15-14(6-5-8-17-15)11-16-10-13-7-9-19-12-13/h5-9,12,16H,3-4,10-11H2,1-2H3. The normalized spacial score (nSPS) is 10.6. The number of aromatic nitrogens is 1. The monoisotopic (exact) mass is 275 g/mol. The van der Waals surface area contributed by atoms with Crippen molar-refractivity contribution in [2.75, 3.05) is 18.0 Å². The summed E-state index contributed by atoms with van der Waals surface area (Å²) in [6.45, 7) is 8.09. The summed E-state index contributed by atoms with van der Waals surface area (Å²) in [5, 5.41) is 7.78. The first kappa shape index (κ1) is 14.0. The molecule has 2 aromatic rings. The van der Waals surface area contributed by atoms with E-state index in [2.05, 4.69) is 51.9 Å². The molecule has 2 heterocycles. The van der Waals surface area contributed by atoms with Crippen molar-refractivity contribution in [3.8, 4) is 0 Å². The zero-order valence-corrected chi connectivity index (χ0v) is 12.4. The zero-order valence-electron chi connectivity index (χ0n) is 11.6. The Morgan fingerprint density at radius 3 is 2.74 bits per heavy atom. The van der Waals surface area contributed by atoms with Gasteiger partial charge in [0.2, 0.25) is 0 Å². The minimum Gasteiger partial charge on any atom is -0.357 e. The maximum absolute atomic E-state index is 4.52. The maximum Gasteiger partial charge on any atom is 0.132 e. The molecule has 0 unspecified atom stereocenters. The molecule has 0 aliphatic rings. The second kappa shape index (κ2) is 7.26. The predicted octanol–water partition coefficient (Wildman–Crippen LogP) is 3.28. The van der Waals surface area contributed by atoms with E-state index in [0.717, 1.165) is 32.0 Å². The first-order chi connectivity index (χ1) is 9.35. The van der Waals surface area contributed by atoms with Crippen LogP contribution < -0.4 is 10.2 Å². The number of rotatable bonds is 7. The molecule has 0 aliphatic heterocycles. The SMILES string of the molecule is CCN(CC)c1ncccc1CNCc1ccsc1. The average molecular weight is 275 g/mol. The van der Waals surface area contributed by atoms with Crippen LogP contribution in [0.4, 0.5) is 5.82 Å². The fraction of sp³-hybridized carbons (Fsp3) is 0.400. The van der Waals surface area contributed by atoms with E-state index in [1.807, 2.05) is 12.3 Å². The van der Waals surface area contributed by atoms with Gasteiger partial charge < -0.3 is 10.2 Å². The van der Waals surface area contributed by atoms with Crippen LogP contribution in [0.5, 0.6) is 0 Å². The molecular formula is C15H21N3S. The van der Waals surface area contributed by atoms with Gasteiger partial charge in [0.15, 0.2) is 0 Å². The fourth-order valence-electron chi connectivity index (χ4n) is 2.11. The molecule has 2 rings (SSSR count). The second-order valence-electron chi connectivity index (χ2n) is 4.39. The molecule has 0 aliphatic carbocycles. The number of nitrogens with zero attached hydrogens (tertiary/aromatic N) is 2. The van der Waals surface area contributed by atoms with Gasteiger partial charge in [-0.1, -0.05) is 6.07 Å². The number of nitrogens with one attached hydrogen (secondary N) is 1. The summed E-state index contributed by atoms with van der Waals surface area (Å²) in [5.74, 6) is 1.10. The summed E-state index contributed by atoms with van der Waals surface area (Å²) in [4.78, 5) is 6.82. The summed E-state index contributed by atoms with van der Waals surface area (Å²) >= 11 is 1.74. The second-order valence-corrected chi connectivity index (χ2v) is 5.17. The van der Waals surface area contributed by atoms with E-state index in [1.165, 1.54) is 11.1 Å².